The van der Waals surface area contributed by atoms with E-state index in [2.05, 4.69) is 0 Å². The Bertz CT molecular complexity index is 584. The van der Waals surface area contributed by atoms with Gasteiger partial charge in [0, 0.05) is 13.0 Å². The van der Waals surface area contributed by atoms with Gasteiger partial charge in [-0.25, -0.2) is 0 Å². The van der Waals surface area contributed by atoms with Crippen LogP contribution in [0.3, 0.4) is 0 Å². The van der Waals surface area contributed by atoms with Gasteiger partial charge in [-0.1, -0.05) is 12.1 Å². The van der Waals surface area contributed by atoms with E-state index in [1.807, 2.05) is 12.1 Å². The Balaban J connectivity index is 2.39. The second-order valence-corrected chi connectivity index (χ2v) is 4.61. The lowest BCUT2D eigenvalue weighted by molar-refractivity contribution is -0.403. The number of ether oxygens (including phenoxy) is 2. The Kier molecular flexibility index (Phi) is 4.42. The maximum absolute atomic E-state index is 11.7. The maximum Gasteiger partial charge on any atom is 0.310 e. The molecule has 0 saturated carbocycles. The fraction of sp³-hybridized carbons (Fsp3) is 0.357. The van der Waals surface area contributed by atoms with Crippen LogP contribution < -0.4 is 9.64 Å². The van der Waals surface area contributed by atoms with Gasteiger partial charge in [-0.2, -0.15) is 0 Å². The SMILES string of the molecule is COC(=O)C1C/C(=C\[N+](=O)[O-])N(c2ccccc2OC)C1. The molecular weight excluding hydrogens is 276 g/mol. The second-order valence-electron chi connectivity index (χ2n) is 4.61. The average Bonchev–Trinajstić information content (AvgIpc) is 2.89. The average molecular weight is 292 g/mol. The summed E-state index contributed by atoms with van der Waals surface area (Å²) in [5.41, 5.74) is 1.15. The predicted molar refractivity (Wildman–Crippen MR) is 75.5 cm³/mol. The molecule has 1 aromatic rings. The number of rotatable bonds is 4. The number of nitro groups is 1. The van der Waals surface area contributed by atoms with Crippen LogP contribution in [0, 0.1) is 16.0 Å². The number of methoxy groups -OCH3 is 2. The molecule has 1 aromatic carbocycles. The number of hydrogen-bond acceptors (Lipinski definition) is 6. The topological polar surface area (TPSA) is 81.9 Å². The molecule has 2 rings (SSSR count). The summed E-state index contributed by atoms with van der Waals surface area (Å²) in [5.74, 6) is -0.204. The Morgan fingerprint density at radius 3 is 2.76 bits per heavy atom. The van der Waals surface area contributed by atoms with E-state index in [1.54, 1.807) is 17.0 Å². The van der Waals surface area contributed by atoms with E-state index < -0.39 is 10.8 Å². The van der Waals surface area contributed by atoms with Crippen molar-refractivity contribution in [3.63, 3.8) is 0 Å². The molecule has 7 nitrogen and oxygen atoms in total. The third-order valence-corrected chi connectivity index (χ3v) is 3.37. The molecule has 1 aliphatic rings. The zero-order chi connectivity index (χ0) is 15.4. The summed E-state index contributed by atoms with van der Waals surface area (Å²) in [4.78, 5) is 23.7. The standard InChI is InChI=1S/C14H16N2O5/c1-20-13-6-4-3-5-12(13)15-8-10(14(17)21-2)7-11(15)9-16(18)19/h3-6,9-10H,7-8H2,1-2H3/b11-9+. The number of esters is 1. The fourth-order valence-corrected chi connectivity index (χ4v) is 2.44. The quantitative estimate of drug-likeness (QED) is 0.478. The summed E-state index contributed by atoms with van der Waals surface area (Å²) >= 11 is 0. The van der Waals surface area contributed by atoms with Crippen LogP contribution in [-0.2, 0) is 9.53 Å². The first kappa shape index (κ1) is 14.8. The number of benzene rings is 1. The molecule has 0 N–H and O–H groups in total. The largest absolute Gasteiger partial charge is 0.495 e. The van der Waals surface area contributed by atoms with Crippen molar-refractivity contribution in [3.05, 3.63) is 46.3 Å². The van der Waals surface area contributed by atoms with E-state index in [1.165, 1.54) is 14.2 Å². The van der Waals surface area contributed by atoms with Crippen LogP contribution in [0.4, 0.5) is 5.69 Å². The summed E-state index contributed by atoms with van der Waals surface area (Å²) < 4.78 is 10.0. The van der Waals surface area contributed by atoms with E-state index >= 15 is 0 Å². The van der Waals surface area contributed by atoms with E-state index in [0.717, 1.165) is 6.20 Å². The van der Waals surface area contributed by atoms with Crippen LogP contribution in [0.5, 0.6) is 5.75 Å². The molecule has 0 amide bonds. The van der Waals surface area contributed by atoms with Gasteiger partial charge < -0.3 is 14.4 Å². The molecule has 1 saturated heterocycles. The molecule has 1 heterocycles. The summed E-state index contributed by atoms with van der Waals surface area (Å²) in [7, 11) is 2.84. The van der Waals surface area contributed by atoms with Gasteiger partial charge in [0.05, 0.1) is 36.4 Å². The van der Waals surface area contributed by atoms with Crippen molar-refractivity contribution < 1.29 is 19.2 Å². The highest BCUT2D eigenvalue weighted by molar-refractivity contribution is 5.76. The van der Waals surface area contributed by atoms with Crippen molar-refractivity contribution in [1.29, 1.82) is 0 Å². The second kappa shape index (κ2) is 6.25. The monoisotopic (exact) mass is 292 g/mol. The highest BCUT2D eigenvalue weighted by Gasteiger charge is 2.35. The Morgan fingerprint density at radius 2 is 2.14 bits per heavy atom. The molecule has 0 radical (unpaired) electrons. The lowest BCUT2D eigenvalue weighted by Crippen LogP contribution is -2.23. The predicted octanol–water partition coefficient (Wildman–Crippen LogP) is 1.81. The van der Waals surface area contributed by atoms with Crippen LogP contribution >= 0.6 is 0 Å². The van der Waals surface area contributed by atoms with Crippen molar-refractivity contribution in [2.45, 2.75) is 6.42 Å². The zero-order valence-electron chi connectivity index (χ0n) is 11.8. The van der Waals surface area contributed by atoms with Crippen LogP contribution in [0.15, 0.2) is 36.2 Å². The van der Waals surface area contributed by atoms with Gasteiger partial charge in [0.2, 0.25) is 0 Å². The first-order valence-electron chi connectivity index (χ1n) is 6.39. The zero-order valence-corrected chi connectivity index (χ0v) is 11.8. The maximum atomic E-state index is 11.7. The number of nitrogens with zero attached hydrogens (tertiary/aromatic N) is 2. The minimum absolute atomic E-state index is 0.270. The lowest BCUT2D eigenvalue weighted by Gasteiger charge is -2.21. The van der Waals surface area contributed by atoms with Gasteiger partial charge >= 0.3 is 5.97 Å². The van der Waals surface area contributed by atoms with Gasteiger partial charge in [-0.15, -0.1) is 0 Å². The smallest absolute Gasteiger partial charge is 0.310 e. The van der Waals surface area contributed by atoms with Crippen molar-refractivity contribution in [3.8, 4) is 5.75 Å². The fourth-order valence-electron chi connectivity index (χ4n) is 2.44. The van der Waals surface area contributed by atoms with Crippen molar-refractivity contribution in [2.24, 2.45) is 5.92 Å². The Labute approximate surface area is 121 Å². The Morgan fingerprint density at radius 1 is 1.43 bits per heavy atom. The normalized spacial score (nSPS) is 19.6. The summed E-state index contributed by atoms with van der Waals surface area (Å²) in [5, 5.41) is 10.8. The van der Waals surface area contributed by atoms with E-state index in [0.29, 0.717) is 23.7 Å². The van der Waals surface area contributed by atoms with Gasteiger partial charge in [-0.3, -0.25) is 14.9 Å². The lowest BCUT2D eigenvalue weighted by atomic mass is 10.1. The van der Waals surface area contributed by atoms with E-state index in [4.69, 9.17) is 9.47 Å². The third kappa shape index (κ3) is 3.13. The number of hydrogen-bond donors (Lipinski definition) is 0. The number of allylic oxidation sites excluding steroid dienone is 1. The molecule has 1 aliphatic heterocycles. The van der Waals surface area contributed by atoms with Crippen molar-refractivity contribution >= 4 is 11.7 Å². The van der Waals surface area contributed by atoms with Gasteiger partial charge in [0.25, 0.3) is 6.20 Å². The molecule has 0 aliphatic carbocycles. The van der Waals surface area contributed by atoms with Crippen molar-refractivity contribution in [2.75, 3.05) is 25.7 Å². The van der Waals surface area contributed by atoms with Crippen molar-refractivity contribution in [1.82, 2.24) is 0 Å². The minimum atomic E-state index is -0.516. The summed E-state index contributed by atoms with van der Waals surface area (Å²) in [6.45, 7) is 0.326. The number of anilines is 1. The van der Waals surface area contributed by atoms with Crippen LogP contribution in [-0.4, -0.2) is 31.7 Å². The molecule has 112 valence electrons. The number of carbonyl (C=O) groups excluding carboxylic acids is 1. The minimum Gasteiger partial charge on any atom is -0.495 e. The molecule has 0 spiro atoms. The molecule has 1 unspecified atom stereocenters. The summed E-state index contributed by atoms with van der Waals surface area (Å²) in [6.07, 6.45) is 1.20. The van der Waals surface area contributed by atoms with Gasteiger partial charge in [0.1, 0.15) is 5.75 Å². The summed E-state index contributed by atoms with van der Waals surface area (Å²) in [6, 6.07) is 7.19. The van der Waals surface area contributed by atoms with Crippen LogP contribution in [0.1, 0.15) is 6.42 Å². The highest BCUT2D eigenvalue weighted by atomic mass is 16.6. The van der Waals surface area contributed by atoms with E-state index in [9.17, 15) is 14.9 Å². The number of carbonyl (C=O) groups is 1. The molecule has 1 atom stereocenters. The highest BCUT2D eigenvalue weighted by Crippen LogP contribution is 2.37. The van der Waals surface area contributed by atoms with Gasteiger partial charge in [-0.05, 0) is 12.1 Å². The first-order valence-corrected chi connectivity index (χ1v) is 6.39. The van der Waals surface area contributed by atoms with Gasteiger partial charge in [0.15, 0.2) is 0 Å². The van der Waals surface area contributed by atoms with Crippen LogP contribution in [0.25, 0.3) is 0 Å². The van der Waals surface area contributed by atoms with Crippen LogP contribution in [0.2, 0.25) is 0 Å². The molecule has 21 heavy (non-hydrogen) atoms. The molecule has 1 fully saturated rings. The third-order valence-electron chi connectivity index (χ3n) is 3.37. The number of para-hydroxylation sites is 2. The molecule has 0 bridgehead atoms. The first-order chi connectivity index (χ1) is 10.1. The molecule has 0 aromatic heterocycles. The Hall–Kier alpha value is -2.57. The molecule has 7 heteroatoms. The van der Waals surface area contributed by atoms with E-state index in [-0.39, 0.29) is 12.4 Å². The molecular formula is C14H16N2O5.